The number of hydrogen-bond acceptors (Lipinski definition) is 6. The van der Waals surface area contributed by atoms with Gasteiger partial charge in [-0.3, -0.25) is 4.79 Å². The number of aromatic nitrogens is 2. The normalized spacial score (nSPS) is 10.9. The topological polar surface area (TPSA) is 117 Å². The lowest BCUT2D eigenvalue weighted by molar-refractivity contribution is 0.0949. The van der Waals surface area contributed by atoms with E-state index in [-0.39, 0.29) is 27.9 Å². The standard InChI is InChI=1S/C20H16ClFN4O4/c1-2-30-17-8-11(7-14(21)18(17)27)10-23-26-19(28)16-9-15(24-20(29)25-16)12-3-5-13(22)6-4-12/h3-10,27H,2H2,1H3,(H,26,28)(H,24,25,29)/b23-10+. The Morgan fingerprint density at radius 3 is 2.77 bits per heavy atom. The van der Waals surface area contributed by atoms with Gasteiger partial charge in [0.05, 0.1) is 23.5 Å². The molecule has 0 saturated heterocycles. The molecule has 0 aliphatic rings. The maximum atomic E-state index is 13.1. The Morgan fingerprint density at radius 2 is 2.07 bits per heavy atom. The Balaban J connectivity index is 1.78. The van der Waals surface area contributed by atoms with Crippen molar-refractivity contribution in [1.82, 2.24) is 15.4 Å². The fraction of sp³-hybridized carbons (Fsp3) is 0.100. The third-order valence-electron chi connectivity index (χ3n) is 3.86. The lowest BCUT2D eigenvalue weighted by atomic mass is 10.1. The minimum atomic E-state index is -0.738. The van der Waals surface area contributed by atoms with Crippen LogP contribution in [0.25, 0.3) is 11.3 Å². The van der Waals surface area contributed by atoms with Crippen molar-refractivity contribution in [3.8, 4) is 22.8 Å². The van der Waals surface area contributed by atoms with Gasteiger partial charge >= 0.3 is 5.69 Å². The molecule has 1 heterocycles. The van der Waals surface area contributed by atoms with Crippen molar-refractivity contribution in [3.63, 3.8) is 0 Å². The number of aromatic amines is 1. The van der Waals surface area contributed by atoms with Gasteiger partial charge < -0.3 is 14.8 Å². The highest BCUT2D eigenvalue weighted by atomic mass is 35.5. The molecule has 0 fully saturated rings. The van der Waals surface area contributed by atoms with E-state index in [0.29, 0.717) is 17.7 Å². The molecule has 0 radical (unpaired) electrons. The largest absolute Gasteiger partial charge is 0.503 e. The quantitative estimate of drug-likeness (QED) is 0.410. The molecule has 3 rings (SSSR count). The summed E-state index contributed by atoms with van der Waals surface area (Å²) in [4.78, 5) is 30.3. The van der Waals surface area contributed by atoms with Crippen LogP contribution in [-0.2, 0) is 0 Å². The van der Waals surface area contributed by atoms with Gasteiger partial charge in [-0.15, -0.1) is 0 Å². The molecule has 3 N–H and O–H groups in total. The van der Waals surface area contributed by atoms with Crippen molar-refractivity contribution in [2.45, 2.75) is 6.92 Å². The van der Waals surface area contributed by atoms with Crippen LogP contribution in [-0.4, -0.2) is 33.8 Å². The molecule has 0 spiro atoms. The molecule has 154 valence electrons. The summed E-state index contributed by atoms with van der Waals surface area (Å²) in [5.41, 5.74) is 2.61. The van der Waals surface area contributed by atoms with Crippen LogP contribution in [0.5, 0.6) is 11.5 Å². The zero-order valence-corrected chi connectivity index (χ0v) is 16.4. The van der Waals surface area contributed by atoms with Gasteiger partial charge in [-0.25, -0.2) is 14.6 Å². The predicted octanol–water partition coefficient (Wildman–Crippen LogP) is 3.10. The minimum Gasteiger partial charge on any atom is -0.503 e. The Morgan fingerprint density at radius 1 is 1.33 bits per heavy atom. The van der Waals surface area contributed by atoms with Gasteiger partial charge in [-0.05, 0) is 55.0 Å². The second-order valence-corrected chi connectivity index (χ2v) is 6.38. The summed E-state index contributed by atoms with van der Waals surface area (Å²) in [6.45, 7) is 2.08. The fourth-order valence-corrected chi connectivity index (χ4v) is 2.73. The molecule has 2 aromatic carbocycles. The molecule has 0 atom stereocenters. The van der Waals surface area contributed by atoms with Crippen LogP contribution in [0.4, 0.5) is 4.39 Å². The molecule has 3 aromatic rings. The first-order valence-corrected chi connectivity index (χ1v) is 9.11. The van der Waals surface area contributed by atoms with Gasteiger partial charge in [0.2, 0.25) is 0 Å². The van der Waals surface area contributed by atoms with Crippen LogP contribution in [0.15, 0.2) is 52.4 Å². The van der Waals surface area contributed by atoms with Gasteiger partial charge in [-0.1, -0.05) is 11.6 Å². The number of halogens is 2. The first-order valence-electron chi connectivity index (χ1n) is 8.73. The van der Waals surface area contributed by atoms with Gasteiger partial charge in [0.15, 0.2) is 11.5 Å². The van der Waals surface area contributed by atoms with Crippen LogP contribution < -0.4 is 15.9 Å². The average Bonchev–Trinajstić information content (AvgIpc) is 2.71. The number of benzene rings is 2. The molecule has 0 saturated carbocycles. The third kappa shape index (κ3) is 5.00. The van der Waals surface area contributed by atoms with Gasteiger partial charge in [0, 0.05) is 5.56 Å². The van der Waals surface area contributed by atoms with Gasteiger partial charge in [0.25, 0.3) is 5.91 Å². The van der Waals surface area contributed by atoms with E-state index in [9.17, 15) is 19.1 Å². The number of phenolic OH excluding ortho intramolecular Hbond substituents is 1. The first kappa shape index (κ1) is 21.0. The maximum absolute atomic E-state index is 13.1. The van der Waals surface area contributed by atoms with Crippen LogP contribution in [0.2, 0.25) is 5.02 Å². The molecule has 1 aromatic heterocycles. The van der Waals surface area contributed by atoms with E-state index in [2.05, 4.69) is 20.5 Å². The van der Waals surface area contributed by atoms with Crippen molar-refractivity contribution in [3.05, 3.63) is 75.0 Å². The SMILES string of the molecule is CCOc1cc(/C=N/NC(=O)c2cc(-c3ccc(F)cc3)nc(=O)[nH]2)cc(Cl)c1O. The molecule has 0 bridgehead atoms. The number of carbonyl (C=O) groups is 1. The molecular weight excluding hydrogens is 415 g/mol. The molecule has 0 aliphatic carbocycles. The van der Waals surface area contributed by atoms with Crippen molar-refractivity contribution in [2.75, 3.05) is 6.61 Å². The van der Waals surface area contributed by atoms with Crippen molar-refractivity contribution in [1.29, 1.82) is 0 Å². The average molecular weight is 431 g/mol. The molecule has 10 heteroatoms. The van der Waals surface area contributed by atoms with Crippen molar-refractivity contribution < 1.29 is 19.0 Å². The number of amides is 1. The summed E-state index contributed by atoms with van der Waals surface area (Å²) in [7, 11) is 0. The Hall–Kier alpha value is -3.72. The van der Waals surface area contributed by atoms with Crippen LogP contribution in [0.3, 0.4) is 0 Å². The second-order valence-electron chi connectivity index (χ2n) is 5.97. The number of aromatic hydroxyl groups is 1. The minimum absolute atomic E-state index is 0.0659. The first-order chi connectivity index (χ1) is 14.4. The van der Waals surface area contributed by atoms with E-state index >= 15 is 0 Å². The second kappa shape index (κ2) is 9.19. The molecule has 0 unspecified atom stereocenters. The highest BCUT2D eigenvalue weighted by Crippen LogP contribution is 2.34. The van der Waals surface area contributed by atoms with E-state index < -0.39 is 17.4 Å². The molecule has 8 nitrogen and oxygen atoms in total. The zero-order chi connectivity index (χ0) is 21.7. The highest BCUT2D eigenvalue weighted by molar-refractivity contribution is 6.32. The number of phenols is 1. The maximum Gasteiger partial charge on any atom is 0.346 e. The number of carbonyl (C=O) groups excluding carboxylic acids is 1. The number of ether oxygens (including phenoxy) is 1. The van der Waals surface area contributed by atoms with Crippen molar-refractivity contribution >= 4 is 23.7 Å². The number of rotatable bonds is 6. The summed E-state index contributed by atoms with van der Waals surface area (Å²) < 4.78 is 18.4. The summed E-state index contributed by atoms with van der Waals surface area (Å²) >= 11 is 5.95. The molecule has 0 aliphatic heterocycles. The molecule has 30 heavy (non-hydrogen) atoms. The molecular formula is C20H16ClFN4O4. The van der Waals surface area contributed by atoms with Crippen LogP contribution in [0.1, 0.15) is 23.0 Å². The number of hydrogen-bond donors (Lipinski definition) is 3. The van der Waals surface area contributed by atoms with Crippen molar-refractivity contribution in [2.24, 2.45) is 5.10 Å². The van der Waals surface area contributed by atoms with E-state index in [1.165, 1.54) is 48.7 Å². The predicted molar refractivity (Wildman–Crippen MR) is 110 cm³/mol. The number of H-pyrrole nitrogens is 1. The summed E-state index contributed by atoms with van der Waals surface area (Å²) in [6.07, 6.45) is 1.30. The summed E-state index contributed by atoms with van der Waals surface area (Å²) in [5, 5.41) is 13.7. The van der Waals surface area contributed by atoms with Crippen LogP contribution >= 0.6 is 11.6 Å². The Kier molecular flexibility index (Phi) is 6.43. The van der Waals surface area contributed by atoms with E-state index in [1.807, 2.05) is 0 Å². The highest BCUT2D eigenvalue weighted by Gasteiger charge is 2.11. The van der Waals surface area contributed by atoms with Crippen LogP contribution in [0, 0.1) is 5.82 Å². The number of nitrogens with zero attached hydrogens (tertiary/aromatic N) is 2. The van der Waals surface area contributed by atoms with Gasteiger partial charge in [-0.2, -0.15) is 10.1 Å². The van der Waals surface area contributed by atoms with E-state index in [4.69, 9.17) is 16.3 Å². The number of hydrazone groups is 1. The summed E-state index contributed by atoms with van der Waals surface area (Å²) in [5.74, 6) is -1.13. The fourth-order valence-electron chi connectivity index (χ4n) is 2.51. The van der Waals surface area contributed by atoms with E-state index in [1.54, 1.807) is 6.92 Å². The number of nitrogens with one attached hydrogen (secondary N) is 2. The summed E-state index contributed by atoms with van der Waals surface area (Å²) in [6, 6.07) is 9.63. The lowest BCUT2D eigenvalue weighted by Crippen LogP contribution is -2.24. The lowest BCUT2D eigenvalue weighted by Gasteiger charge is -2.08. The monoisotopic (exact) mass is 430 g/mol. The Labute approximate surface area is 175 Å². The van der Waals surface area contributed by atoms with Gasteiger partial charge in [0.1, 0.15) is 11.5 Å². The zero-order valence-electron chi connectivity index (χ0n) is 15.6. The molecule has 1 amide bonds. The Bertz CT molecular complexity index is 1160. The smallest absolute Gasteiger partial charge is 0.346 e. The third-order valence-corrected chi connectivity index (χ3v) is 4.15. The van der Waals surface area contributed by atoms with E-state index in [0.717, 1.165) is 0 Å².